The van der Waals surface area contributed by atoms with E-state index in [9.17, 15) is 9.90 Å². The quantitative estimate of drug-likeness (QED) is 0.244. The summed E-state index contributed by atoms with van der Waals surface area (Å²) in [6.07, 6.45) is 8.51. The molecule has 0 amide bonds. The molecule has 154 valence electrons. The van der Waals surface area contributed by atoms with Gasteiger partial charge in [-0.25, -0.2) is 0 Å². The Morgan fingerprint density at radius 1 is 1.33 bits per heavy atom. The maximum atomic E-state index is 12.7. The minimum absolute atomic E-state index is 0.00769. The van der Waals surface area contributed by atoms with Gasteiger partial charge in [-0.2, -0.15) is 0 Å². The first-order valence-electron chi connectivity index (χ1n) is 10.5. The average molecular weight is 393 g/mol. The Labute approximate surface area is 168 Å². The largest absolute Gasteiger partial charge is 0.413 e. The van der Waals surface area contributed by atoms with Gasteiger partial charge in [-0.1, -0.05) is 59.1 Å². The van der Waals surface area contributed by atoms with Crippen LogP contribution in [0, 0.1) is 23.7 Å². The molecule has 1 saturated carbocycles. The molecule has 1 fully saturated rings. The van der Waals surface area contributed by atoms with Crippen LogP contribution in [0.3, 0.4) is 0 Å². The molecule has 0 aromatic rings. The normalized spacial score (nSPS) is 24.9. The van der Waals surface area contributed by atoms with E-state index in [1.807, 2.05) is 19.1 Å². The van der Waals surface area contributed by atoms with E-state index in [0.29, 0.717) is 12.8 Å². The highest BCUT2D eigenvalue weighted by Gasteiger charge is 2.46. The smallest absolute Gasteiger partial charge is 0.192 e. The Bertz CT molecular complexity index is 562. The first-order chi connectivity index (χ1) is 12.5. The van der Waals surface area contributed by atoms with Gasteiger partial charge >= 0.3 is 0 Å². The molecule has 1 rings (SSSR count). The van der Waals surface area contributed by atoms with Gasteiger partial charge in [0.25, 0.3) is 0 Å². The Balaban J connectivity index is 2.96. The molecular weight excluding hydrogens is 352 g/mol. The molecule has 0 aliphatic heterocycles. The predicted molar refractivity (Wildman–Crippen MR) is 116 cm³/mol. The van der Waals surface area contributed by atoms with Crippen molar-refractivity contribution in [3.63, 3.8) is 0 Å². The monoisotopic (exact) mass is 392 g/mol. The molecule has 1 aliphatic rings. The van der Waals surface area contributed by atoms with Gasteiger partial charge in [0.1, 0.15) is 5.78 Å². The van der Waals surface area contributed by atoms with Crippen LogP contribution in [0.4, 0.5) is 0 Å². The number of aliphatic hydroxyl groups is 1. The first-order valence-corrected chi connectivity index (χ1v) is 13.4. The van der Waals surface area contributed by atoms with Crippen LogP contribution in [0.15, 0.2) is 12.2 Å². The number of carbonyl (C=O) groups is 1. The fourth-order valence-corrected chi connectivity index (χ4v) is 4.66. The lowest BCUT2D eigenvalue weighted by Crippen LogP contribution is -2.45. The molecule has 1 N–H and O–H groups in total. The number of aliphatic hydroxyl groups excluding tert-OH is 1. The van der Waals surface area contributed by atoms with Gasteiger partial charge in [0.2, 0.25) is 0 Å². The molecule has 0 radical (unpaired) electrons. The van der Waals surface area contributed by atoms with Crippen molar-refractivity contribution in [2.45, 2.75) is 103 Å². The van der Waals surface area contributed by atoms with Gasteiger partial charge in [0.15, 0.2) is 8.32 Å². The molecule has 0 aromatic heterocycles. The van der Waals surface area contributed by atoms with E-state index in [1.165, 1.54) is 0 Å². The molecule has 0 unspecified atom stereocenters. The van der Waals surface area contributed by atoms with Gasteiger partial charge in [-0.3, -0.25) is 4.79 Å². The Morgan fingerprint density at radius 2 is 2.00 bits per heavy atom. The predicted octanol–water partition coefficient (Wildman–Crippen LogP) is 5.49. The summed E-state index contributed by atoms with van der Waals surface area (Å²) < 4.78 is 6.62. The van der Waals surface area contributed by atoms with Crippen molar-refractivity contribution in [3.8, 4) is 11.8 Å². The van der Waals surface area contributed by atoms with Gasteiger partial charge in [0, 0.05) is 24.7 Å². The lowest BCUT2D eigenvalue weighted by molar-refractivity contribution is -0.121. The third-order valence-electron chi connectivity index (χ3n) is 6.12. The highest BCUT2D eigenvalue weighted by Crippen LogP contribution is 2.42. The summed E-state index contributed by atoms with van der Waals surface area (Å²) in [6.45, 7) is 15.1. The van der Waals surface area contributed by atoms with Crippen LogP contribution in [-0.4, -0.2) is 31.4 Å². The number of carbonyl (C=O) groups excluding carboxylic acids is 1. The summed E-state index contributed by atoms with van der Waals surface area (Å²) in [6, 6.07) is 0. The molecule has 0 saturated heterocycles. The zero-order valence-corrected chi connectivity index (χ0v) is 19.5. The topological polar surface area (TPSA) is 46.5 Å². The van der Waals surface area contributed by atoms with Crippen LogP contribution < -0.4 is 0 Å². The number of rotatable bonds is 9. The maximum Gasteiger partial charge on any atom is 0.192 e. The molecule has 0 heterocycles. The molecule has 0 aromatic carbocycles. The van der Waals surface area contributed by atoms with Crippen molar-refractivity contribution in [1.82, 2.24) is 0 Å². The van der Waals surface area contributed by atoms with Crippen molar-refractivity contribution in [2.24, 2.45) is 11.8 Å². The highest BCUT2D eigenvalue weighted by atomic mass is 28.4. The van der Waals surface area contributed by atoms with E-state index in [4.69, 9.17) is 4.43 Å². The minimum Gasteiger partial charge on any atom is -0.413 e. The van der Waals surface area contributed by atoms with E-state index < -0.39 is 14.4 Å². The third kappa shape index (κ3) is 7.21. The van der Waals surface area contributed by atoms with Crippen LogP contribution in [0.2, 0.25) is 18.1 Å². The zero-order valence-electron chi connectivity index (χ0n) is 18.5. The number of unbranched alkanes of at least 4 members (excludes halogenated alkanes) is 2. The summed E-state index contributed by atoms with van der Waals surface area (Å²) in [5.74, 6) is 6.13. The van der Waals surface area contributed by atoms with Gasteiger partial charge in [-0.05, 0) is 31.5 Å². The standard InChI is InChI=1S/C23H40O3Si/c1-8-10-12-13-18(24)15-16-20-19(14-11-9-2)21(25)17-22(20)26-27(6,7)23(3,4)5/h15-16,18-20,22,24H,8,10,12-14,17H2,1-7H3/b16-15+/t18-,19+,20+,22+/m0/s1. The maximum absolute atomic E-state index is 12.7. The number of ketones is 1. The second-order valence-corrected chi connectivity index (χ2v) is 14.1. The molecule has 0 bridgehead atoms. The molecule has 4 atom stereocenters. The van der Waals surface area contributed by atoms with Crippen molar-refractivity contribution < 1.29 is 14.3 Å². The van der Waals surface area contributed by atoms with Crippen molar-refractivity contribution in [2.75, 3.05) is 0 Å². The van der Waals surface area contributed by atoms with Crippen molar-refractivity contribution >= 4 is 14.1 Å². The van der Waals surface area contributed by atoms with Crippen LogP contribution >= 0.6 is 0 Å². The van der Waals surface area contributed by atoms with Crippen LogP contribution in [0.25, 0.3) is 0 Å². The van der Waals surface area contributed by atoms with Crippen LogP contribution in [0.5, 0.6) is 0 Å². The Hall–Kier alpha value is -0.893. The summed E-state index contributed by atoms with van der Waals surface area (Å²) in [5.41, 5.74) is 0. The van der Waals surface area contributed by atoms with Crippen molar-refractivity contribution in [3.05, 3.63) is 12.2 Å². The van der Waals surface area contributed by atoms with Crippen LogP contribution in [-0.2, 0) is 9.22 Å². The van der Waals surface area contributed by atoms with Gasteiger partial charge in [0.05, 0.1) is 12.2 Å². The van der Waals surface area contributed by atoms with Gasteiger partial charge < -0.3 is 9.53 Å². The van der Waals surface area contributed by atoms with E-state index in [2.05, 4.69) is 52.6 Å². The fourth-order valence-electron chi connectivity index (χ4n) is 3.31. The lowest BCUT2D eigenvalue weighted by atomic mass is 9.90. The number of Topliss-reactive ketones (excluding diaryl/α,β-unsaturated/α-hetero) is 1. The molecular formula is C23H40O3Si. The Kier molecular flexibility index (Phi) is 9.48. The summed E-state index contributed by atoms with van der Waals surface area (Å²) in [4.78, 5) is 12.7. The molecule has 4 heteroatoms. The van der Waals surface area contributed by atoms with E-state index in [-0.39, 0.29) is 28.8 Å². The van der Waals surface area contributed by atoms with Crippen molar-refractivity contribution in [1.29, 1.82) is 0 Å². The second-order valence-electron chi connectivity index (χ2n) is 9.35. The summed E-state index contributed by atoms with van der Waals surface area (Å²) in [5, 5.41) is 10.4. The number of hydrogen-bond acceptors (Lipinski definition) is 3. The zero-order chi connectivity index (χ0) is 20.7. The number of hydrogen-bond donors (Lipinski definition) is 1. The molecule has 3 nitrogen and oxygen atoms in total. The van der Waals surface area contributed by atoms with E-state index in [1.54, 1.807) is 0 Å². The van der Waals surface area contributed by atoms with Crippen LogP contribution in [0.1, 0.15) is 73.1 Å². The Morgan fingerprint density at radius 3 is 2.56 bits per heavy atom. The second kappa shape index (κ2) is 10.6. The molecule has 0 spiro atoms. The van der Waals surface area contributed by atoms with E-state index in [0.717, 1.165) is 25.7 Å². The SMILES string of the molecule is CC#CC[C@H]1C(=O)C[C@@H](O[Si](C)(C)C(C)(C)C)[C@@H]1/C=C/[C@@H](O)CCCCC. The average Bonchev–Trinajstić information content (AvgIpc) is 2.84. The van der Waals surface area contributed by atoms with E-state index >= 15 is 0 Å². The fraction of sp³-hybridized carbons (Fsp3) is 0.783. The molecule has 1 aliphatic carbocycles. The van der Waals surface area contributed by atoms with Gasteiger partial charge in [-0.15, -0.1) is 11.8 Å². The third-order valence-corrected chi connectivity index (χ3v) is 10.6. The summed E-state index contributed by atoms with van der Waals surface area (Å²) >= 11 is 0. The lowest BCUT2D eigenvalue weighted by Gasteiger charge is -2.39. The first kappa shape index (κ1) is 24.1. The highest BCUT2D eigenvalue weighted by molar-refractivity contribution is 6.74. The minimum atomic E-state index is -1.97. The summed E-state index contributed by atoms with van der Waals surface area (Å²) in [7, 11) is -1.97. The molecule has 27 heavy (non-hydrogen) atoms.